The third-order valence-corrected chi connectivity index (χ3v) is 6.20. The van der Waals surface area contributed by atoms with Gasteiger partial charge in [0.25, 0.3) is 5.69 Å². The van der Waals surface area contributed by atoms with Gasteiger partial charge in [-0.3, -0.25) is 15.5 Å². The molecule has 0 amide bonds. The smallest absolute Gasteiger partial charge is 0.272 e. The lowest BCUT2D eigenvalue weighted by atomic mass is 10.1. The predicted molar refractivity (Wildman–Crippen MR) is 115 cm³/mol. The van der Waals surface area contributed by atoms with Gasteiger partial charge < -0.3 is 0 Å². The Morgan fingerprint density at radius 3 is 2.41 bits per heavy atom. The van der Waals surface area contributed by atoms with Crippen LogP contribution in [0.5, 0.6) is 0 Å². The molecule has 0 saturated carbocycles. The van der Waals surface area contributed by atoms with E-state index < -0.39 is 14.9 Å². The van der Waals surface area contributed by atoms with Crippen molar-refractivity contribution in [1.29, 1.82) is 0 Å². The fraction of sp³-hybridized carbons (Fsp3) is 0.250. The molecule has 29 heavy (non-hydrogen) atoms. The second-order valence-corrected chi connectivity index (χ2v) is 8.13. The van der Waals surface area contributed by atoms with E-state index in [1.807, 2.05) is 43.3 Å². The average molecular weight is 417 g/mol. The van der Waals surface area contributed by atoms with Crippen LogP contribution in [-0.2, 0) is 10.0 Å². The number of nitro benzene ring substituents is 1. The van der Waals surface area contributed by atoms with Crippen molar-refractivity contribution in [2.45, 2.75) is 25.7 Å². The monoisotopic (exact) mass is 416 g/mol. The summed E-state index contributed by atoms with van der Waals surface area (Å²) in [4.78, 5) is 10.7. The minimum Gasteiger partial charge on any atom is -0.272 e. The van der Waals surface area contributed by atoms with Crippen molar-refractivity contribution < 1.29 is 13.3 Å². The number of benzene rings is 2. The predicted octanol–water partition coefficient (Wildman–Crippen LogP) is 4.13. The summed E-state index contributed by atoms with van der Waals surface area (Å²) in [7, 11) is -3.79. The number of hydrogen-bond acceptors (Lipinski definition) is 6. The van der Waals surface area contributed by atoms with E-state index in [1.54, 1.807) is 13.8 Å². The van der Waals surface area contributed by atoms with Gasteiger partial charge in [-0.2, -0.15) is 9.41 Å². The largest absolute Gasteiger partial charge is 0.295 e. The lowest BCUT2D eigenvalue weighted by Crippen LogP contribution is -2.30. The molecule has 0 bridgehead atoms. The quantitative estimate of drug-likeness (QED) is 0.376. The first kappa shape index (κ1) is 22.3. The Kier molecular flexibility index (Phi) is 7.63. The van der Waals surface area contributed by atoms with Crippen LogP contribution in [0, 0.1) is 10.1 Å². The molecule has 2 aromatic rings. The van der Waals surface area contributed by atoms with Gasteiger partial charge in [0.15, 0.2) is 0 Å². The van der Waals surface area contributed by atoms with Crippen LogP contribution in [0.2, 0.25) is 0 Å². The molecule has 154 valence electrons. The summed E-state index contributed by atoms with van der Waals surface area (Å²) >= 11 is 0. The van der Waals surface area contributed by atoms with Crippen molar-refractivity contribution in [2.75, 3.05) is 18.5 Å². The molecule has 0 fully saturated rings. The highest BCUT2D eigenvalue weighted by Crippen LogP contribution is 2.29. The van der Waals surface area contributed by atoms with Crippen molar-refractivity contribution in [1.82, 2.24) is 4.31 Å². The van der Waals surface area contributed by atoms with Gasteiger partial charge in [0.05, 0.1) is 16.0 Å². The summed E-state index contributed by atoms with van der Waals surface area (Å²) in [6.07, 6.45) is 3.45. The number of nitrogens with zero attached hydrogens (tertiary/aromatic N) is 3. The molecule has 0 atom stereocenters. The molecule has 0 aliphatic rings. The van der Waals surface area contributed by atoms with E-state index in [-0.39, 0.29) is 29.4 Å². The van der Waals surface area contributed by atoms with Crippen LogP contribution in [0.3, 0.4) is 0 Å². The molecule has 0 aromatic heterocycles. The van der Waals surface area contributed by atoms with E-state index in [0.29, 0.717) is 0 Å². The van der Waals surface area contributed by atoms with Crippen molar-refractivity contribution in [3.05, 3.63) is 69.8 Å². The lowest BCUT2D eigenvalue weighted by molar-refractivity contribution is -0.384. The second kappa shape index (κ2) is 9.94. The van der Waals surface area contributed by atoms with Crippen molar-refractivity contribution >= 4 is 33.7 Å². The zero-order chi connectivity index (χ0) is 21.4. The van der Waals surface area contributed by atoms with Crippen LogP contribution in [0.15, 0.2) is 64.1 Å². The van der Waals surface area contributed by atoms with E-state index in [0.717, 1.165) is 17.2 Å². The molecule has 8 nitrogen and oxygen atoms in total. The lowest BCUT2D eigenvalue weighted by Gasteiger charge is -2.18. The summed E-state index contributed by atoms with van der Waals surface area (Å²) in [6, 6.07) is 13.4. The normalized spacial score (nSPS) is 12.5. The summed E-state index contributed by atoms with van der Waals surface area (Å²) in [5.74, 6) is 0. The van der Waals surface area contributed by atoms with E-state index >= 15 is 0 Å². The number of anilines is 1. The number of rotatable bonds is 9. The number of hydrazone groups is 1. The van der Waals surface area contributed by atoms with Gasteiger partial charge in [0, 0.05) is 19.2 Å². The molecule has 1 N–H and O–H groups in total. The Bertz CT molecular complexity index is 1010. The van der Waals surface area contributed by atoms with Gasteiger partial charge in [-0.05, 0) is 30.2 Å². The van der Waals surface area contributed by atoms with E-state index in [9.17, 15) is 18.5 Å². The highest BCUT2D eigenvalue weighted by Gasteiger charge is 2.25. The minimum atomic E-state index is -3.79. The van der Waals surface area contributed by atoms with Crippen LogP contribution in [-0.4, -0.2) is 37.0 Å². The fourth-order valence-corrected chi connectivity index (χ4v) is 4.16. The fourth-order valence-electron chi connectivity index (χ4n) is 2.68. The highest BCUT2D eigenvalue weighted by atomic mass is 32.2. The molecular formula is C20H24N4O4S. The third-order valence-electron chi connectivity index (χ3n) is 4.16. The van der Waals surface area contributed by atoms with Crippen LogP contribution in [0.1, 0.15) is 26.3 Å². The highest BCUT2D eigenvalue weighted by molar-refractivity contribution is 7.89. The van der Waals surface area contributed by atoms with Crippen LogP contribution in [0.25, 0.3) is 6.08 Å². The topological polar surface area (TPSA) is 105 Å². The number of nitro groups is 1. The summed E-state index contributed by atoms with van der Waals surface area (Å²) in [5.41, 5.74) is 4.22. The molecule has 0 heterocycles. The van der Waals surface area contributed by atoms with E-state index in [1.165, 1.54) is 22.7 Å². The van der Waals surface area contributed by atoms with E-state index in [4.69, 9.17) is 0 Å². The van der Waals surface area contributed by atoms with Crippen molar-refractivity contribution in [3.8, 4) is 0 Å². The molecule has 0 spiro atoms. The number of nitrogens with one attached hydrogen (secondary N) is 1. The Hall–Kier alpha value is -3.04. The summed E-state index contributed by atoms with van der Waals surface area (Å²) in [5, 5.41) is 15.5. The molecule has 0 aliphatic carbocycles. The van der Waals surface area contributed by atoms with E-state index in [2.05, 4.69) is 10.5 Å². The SMILES string of the molecule is CCN(CC)S(=O)(=O)c1ccc(NN=CC(C)=Cc2ccccc2)c([N+](=O)[O-])c1. The maximum Gasteiger partial charge on any atom is 0.295 e. The van der Waals surface area contributed by atoms with Crippen LogP contribution < -0.4 is 5.43 Å². The molecule has 9 heteroatoms. The number of hydrogen-bond donors (Lipinski definition) is 1. The van der Waals surface area contributed by atoms with Gasteiger partial charge in [-0.25, -0.2) is 8.42 Å². The zero-order valence-electron chi connectivity index (χ0n) is 16.6. The summed E-state index contributed by atoms with van der Waals surface area (Å²) in [6.45, 7) is 5.84. The van der Waals surface area contributed by atoms with Crippen LogP contribution in [0.4, 0.5) is 11.4 Å². The zero-order valence-corrected chi connectivity index (χ0v) is 17.4. The Morgan fingerprint density at radius 1 is 1.17 bits per heavy atom. The average Bonchev–Trinajstić information content (AvgIpc) is 2.69. The number of allylic oxidation sites excluding steroid dienone is 1. The number of sulfonamides is 1. The first-order valence-corrected chi connectivity index (χ1v) is 10.5. The Labute approximate surface area is 170 Å². The maximum absolute atomic E-state index is 12.6. The standard InChI is InChI=1S/C20H24N4O4S/c1-4-23(5-2)29(27,28)18-11-12-19(20(14-18)24(25)26)22-21-15-16(3)13-17-9-7-6-8-10-17/h6-15,22H,4-5H2,1-3H3. The molecule has 0 radical (unpaired) electrons. The molecule has 2 aromatic carbocycles. The first-order chi connectivity index (χ1) is 13.8. The Balaban J connectivity index is 2.25. The minimum absolute atomic E-state index is 0.109. The van der Waals surface area contributed by atoms with Gasteiger partial charge in [0.1, 0.15) is 5.69 Å². The Morgan fingerprint density at radius 2 is 1.83 bits per heavy atom. The third kappa shape index (κ3) is 5.72. The van der Waals surface area contributed by atoms with Crippen LogP contribution >= 0.6 is 0 Å². The summed E-state index contributed by atoms with van der Waals surface area (Å²) < 4.78 is 26.5. The maximum atomic E-state index is 12.6. The van der Waals surface area contributed by atoms with Gasteiger partial charge in [0.2, 0.25) is 10.0 Å². The van der Waals surface area contributed by atoms with Gasteiger partial charge in [-0.15, -0.1) is 0 Å². The van der Waals surface area contributed by atoms with Crippen molar-refractivity contribution in [2.24, 2.45) is 5.10 Å². The molecule has 0 aliphatic heterocycles. The van der Waals surface area contributed by atoms with Gasteiger partial charge >= 0.3 is 0 Å². The van der Waals surface area contributed by atoms with Crippen molar-refractivity contribution in [3.63, 3.8) is 0 Å². The molecule has 2 rings (SSSR count). The second-order valence-electron chi connectivity index (χ2n) is 6.19. The molecule has 0 unspecified atom stereocenters. The molecule has 0 saturated heterocycles. The van der Waals surface area contributed by atoms with Gasteiger partial charge in [-0.1, -0.05) is 50.3 Å². The first-order valence-electron chi connectivity index (χ1n) is 9.10. The molecular weight excluding hydrogens is 392 g/mol.